The van der Waals surface area contributed by atoms with Gasteiger partial charge in [-0.15, -0.1) is 0 Å². The van der Waals surface area contributed by atoms with Gasteiger partial charge in [0.25, 0.3) is 11.8 Å². The van der Waals surface area contributed by atoms with Crippen molar-refractivity contribution in [1.82, 2.24) is 0 Å². The molecule has 0 saturated heterocycles. The molecule has 33 heavy (non-hydrogen) atoms. The third kappa shape index (κ3) is 4.24. The average molecular weight is 461 g/mol. The summed E-state index contributed by atoms with van der Waals surface area (Å²) in [6, 6.07) is 18.2. The van der Waals surface area contributed by atoms with Gasteiger partial charge in [0.05, 0.1) is 17.9 Å². The summed E-state index contributed by atoms with van der Waals surface area (Å²) in [6.45, 7) is 8.27. The molecule has 0 spiro atoms. The first-order valence-corrected chi connectivity index (χ1v) is 11.1. The highest BCUT2D eigenvalue weighted by Crippen LogP contribution is 2.36. The van der Waals surface area contributed by atoms with Crippen LogP contribution >= 0.6 is 11.6 Å². The highest BCUT2D eigenvalue weighted by molar-refractivity contribution is 6.46. The average Bonchev–Trinajstić information content (AvgIpc) is 3.03. The van der Waals surface area contributed by atoms with Crippen molar-refractivity contribution < 1.29 is 14.3 Å². The number of nitrogens with zero attached hydrogens (tertiary/aromatic N) is 1. The van der Waals surface area contributed by atoms with E-state index >= 15 is 0 Å². The molecule has 1 heterocycles. The molecule has 0 saturated carbocycles. The van der Waals surface area contributed by atoms with Gasteiger partial charge in [-0.2, -0.15) is 0 Å². The lowest BCUT2D eigenvalue weighted by Crippen LogP contribution is -2.32. The summed E-state index contributed by atoms with van der Waals surface area (Å²) in [7, 11) is 0. The summed E-state index contributed by atoms with van der Waals surface area (Å²) in [5, 5.41) is 3.77. The van der Waals surface area contributed by atoms with Crippen LogP contribution in [0.5, 0.6) is 5.75 Å². The van der Waals surface area contributed by atoms with Crippen molar-refractivity contribution in [2.75, 3.05) is 16.8 Å². The summed E-state index contributed by atoms with van der Waals surface area (Å²) in [5.74, 6) is -0.0917. The van der Waals surface area contributed by atoms with Crippen LogP contribution in [0.4, 0.5) is 11.4 Å². The van der Waals surface area contributed by atoms with Crippen LogP contribution in [0.2, 0.25) is 5.02 Å². The molecule has 0 aromatic heterocycles. The van der Waals surface area contributed by atoms with E-state index in [9.17, 15) is 9.59 Å². The number of carbonyl (C=O) groups is 2. The molecule has 6 heteroatoms. The Morgan fingerprint density at radius 2 is 1.64 bits per heavy atom. The van der Waals surface area contributed by atoms with Gasteiger partial charge >= 0.3 is 0 Å². The zero-order valence-corrected chi connectivity index (χ0v) is 19.8. The van der Waals surface area contributed by atoms with Gasteiger partial charge in [0, 0.05) is 10.7 Å². The van der Waals surface area contributed by atoms with Crippen LogP contribution in [0.1, 0.15) is 29.2 Å². The van der Waals surface area contributed by atoms with Crippen molar-refractivity contribution in [1.29, 1.82) is 0 Å². The maximum atomic E-state index is 13.6. The molecule has 5 nitrogen and oxygen atoms in total. The normalized spacial score (nSPS) is 13.7. The molecule has 3 aromatic carbocycles. The van der Waals surface area contributed by atoms with Gasteiger partial charge in [-0.3, -0.25) is 9.59 Å². The fourth-order valence-corrected chi connectivity index (χ4v) is 3.95. The van der Waals surface area contributed by atoms with Crippen molar-refractivity contribution >= 4 is 40.4 Å². The van der Waals surface area contributed by atoms with Crippen molar-refractivity contribution in [2.45, 2.75) is 27.7 Å². The smallest absolute Gasteiger partial charge is 0.282 e. The van der Waals surface area contributed by atoms with Crippen molar-refractivity contribution in [2.24, 2.45) is 0 Å². The molecule has 168 valence electrons. The first kappa shape index (κ1) is 22.6. The number of carbonyl (C=O) groups excluding carboxylic acids is 2. The molecular formula is C27H25ClN2O3. The van der Waals surface area contributed by atoms with Crippen LogP contribution in [0.15, 0.2) is 66.4 Å². The number of hydrogen-bond acceptors (Lipinski definition) is 4. The highest BCUT2D eigenvalue weighted by Gasteiger charge is 2.40. The zero-order valence-electron chi connectivity index (χ0n) is 19.0. The Balaban J connectivity index is 1.83. The molecule has 3 aromatic rings. The Kier molecular flexibility index (Phi) is 6.25. The molecule has 0 bridgehead atoms. The standard InChI is InChI=1S/C27H25ClN2O3/c1-5-33-21-13-10-19(11-14-21)24-25(29-23-8-6-7-22(28)18(23)4)27(32)30(26(24)31)20-12-9-16(2)17(3)15-20/h6-15,29H,5H2,1-4H3. The summed E-state index contributed by atoms with van der Waals surface area (Å²) >= 11 is 6.29. The minimum Gasteiger partial charge on any atom is -0.494 e. The second-order valence-electron chi connectivity index (χ2n) is 7.96. The predicted octanol–water partition coefficient (Wildman–Crippen LogP) is 6.06. The maximum Gasteiger partial charge on any atom is 0.282 e. The quantitative estimate of drug-likeness (QED) is 0.454. The van der Waals surface area contributed by atoms with Crippen LogP contribution < -0.4 is 15.0 Å². The first-order chi connectivity index (χ1) is 15.8. The third-order valence-electron chi connectivity index (χ3n) is 5.81. The van der Waals surface area contributed by atoms with Crippen LogP contribution in [0.3, 0.4) is 0 Å². The molecule has 4 rings (SSSR count). The molecule has 1 aliphatic heterocycles. The molecule has 0 fully saturated rings. The molecule has 0 aliphatic carbocycles. The summed E-state index contributed by atoms with van der Waals surface area (Å²) in [6.07, 6.45) is 0. The van der Waals surface area contributed by atoms with Gasteiger partial charge < -0.3 is 10.1 Å². The van der Waals surface area contributed by atoms with Crippen molar-refractivity contribution in [3.63, 3.8) is 0 Å². The summed E-state index contributed by atoms with van der Waals surface area (Å²) in [4.78, 5) is 28.4. The van der Waals surface area contributed by atoms with Gasteiger partial charge in [-0.1, -0.05) is 35.9 Å². The van der Waals surface area contributed by atoms with E-state index in [0.29, 0.717) is 39.9 Å². The number of benzene rings is 3. The Hall–Kier alpha value is -3.57. The lowest BCUT2D eigenvalue weighted by molar-refractivity contribution is -0.120. The molecule has 0 unspecified atom stereocenters. The number of amides is 2. The molecule has 2 amide bonds. The number of aryl methyl sites for hydroxylation is 2. The first-order valence-electron chi connectivity index (χ1n) is 10.8. The number of rotatable bonds is 6. The number of halogens is 1. The molecule has 0 radical (unpaired) electrons. The van der Waals surface area contributed by atoms with Gasteiger partial charge in [-0.25, -0.2) is 4.90 Å². The summed E-state index contributed by atoms with van der Waals surface area (Å²) < 4.78 is 5.53. The Morgan fingerprint density at radius 1 is 0.909 bits per heavy atom. The molecule has 0 atom stereocenters. The second kappa shape index (κ2) is 9.12. The van der Waals surface area contributed by atoms with E-state index in [1.54, 1.807) is 42.5 Å². The maximum absolute atomic E-state index is 13.6. The highest BCUT2D eigenvalue weighted by atomic mass is 35.5. The zero-order chi connectivity index (χ0) is 23.7. The molecular weight excluding hydrogens is 436 g/mol. The largest absolute Gasteiger partial charge is 0.494 e. The van der Waals surface area contributed by atoms with Gasteiger partial charge in [0.1, 0.15) is 11.4 Å². The number of nitrogens with one attached hydrogen (secondary N) is 1. The number of imide groups is 1. The fourth-order valence-electron chi connectivity index (χ4n) is 3.77. The number of hydrogen-bond donors (Lipinski definition) is 1. The van der Waals surface area contributed by atoms with E-state index in [4.69, 9.17) is 16.3 Å². The van der Waals surface area contributed by atoms with Crippen molar-refractivity contribution in [3.05, 3.63) is 93.6 Å². The van der Waals surface area contributed by atoms with Crippen LogP contribution in [0.25, 0.3) is 5.57 Å². The van der Waals surface area contributed by atoms with Gasteiger partial charge in [-0.05, 0) is 86.3 Å². The topological polar surface area (TPSA) is 58.6 Å². The predicted molar refractivity (Wildman–Crippen MR) is 133 cm³/mol. The van der Waals surface area contributed by atoms with Crippen molar-refractivity contribution in [3.8, 4) is 5.75 Å². The SMILES string of the molecule is CCOc1ccc(C2=C(Nc3cccc(Cl)c3C)C(=O)N(c3ccc(C)c(C)c3)C2=O)cc1. The Bertz CT molecular complexity index is 1280. The third-order valence-corrected chi connectivity index (χ3v) is 6.22. The van der Waals surface area contributed by atoms with Gasteiger partial charge in [0.2, 0.25) is 0 Å². The lowest BCUT2D eigenvalue weighted by Gasteiger charge is -2.17. The fraction of sp³-hybridized carbons (Fsp3) is 0.185. The van der Waals surface area contributed by atoms with Gasteiger partial charge in [0.15, 0.2) is 0 Å². The molecule has 1 aliphatic rings. The second-order valence-corrected chi connectivity index (χ2v) is 8.37. The van der Waals surface area contributed by atoms with E-state index in [1.807, 2.05) is 45.9 Å². The number of ether oxygens (including phenoxy) is 1. The monoisotopic (exact) mass is 460 g/mol. The Labute approximate surface area is 198 Å². The van der Waals surface area contributed by atoms with E-state index in [2.05, 4.69) is 5.32 Å². The lowest BCUT2D eigenvalue weighted by atomic mass is 10.0. The van der Waals surface area contributed by atoms with E-state index < -0.39 is 5.91 Å². The van der Waals surface area contributed by atoms with Crippen LogP contribution in [0, 0.1) is 20.8 Å². The number of anilines is 2. The van der Waals surface area contributed by atoms with E-state index in [0.717, 1.165) is 16.7 Å². The van der Waals surface area contributed by atoms with Crippen LogP contribution in [-0.4, -0.2) is 18.4 Å². The van der Waals surface area contributed by atoms with E-state index in [-0.39, 0.29) is 11.6 Å². The molecule has 1 N–H and O–H groups in total. The minimum absolute atomic E-state index is 0.216. The Morgan fingerprint density at radius 3 is 2.30 bits per heavy atom. The summed E-state index contributed by atoms with van der Waals surface area (Å²) in [5.41, 5.74) is 5.25. The van der Waals surface area contributed by atoms with E-state index in [1.165, 1.54) is 4.90 Å². The van der Waals surface area contributed by atoms with Crippen LogP contribution in [-0.2, 0) is 9.59 Å². The minimum atomic E-state index is -0.411.